The van der Waals surface area contributed by atoms with E-state index in [9.17, 15) is 4.79 Å². The standard InChI is InChI=1S/C12H15N3O/c1-2-8-7-11-13-10-6-4-3-5-9(10)12(16)15(11)14-8/h7,14H,2-6H2,1H3. The molecule has 1 aliphatic rings. The van der Waals surface area contributed by atoms with Crippen LogP contribution in [0, 0.1) is 0 Å². The van der Waals surface area contributed by atoms with Gasteiger partial charge in [0.05, 0.1) is 5.69 Å². The number of aromatic nitrogens is 3. The van der Waals surface area contributed by atoms with Crippen molar-refractivity contribution in [2.45, 2.75) is 39.0 Å². The molecule has 0 spiro atoms. The van der Waals surface area contributed by atoms with E-state index in [1.807, 2.05) is 6.07 Å². The minimum Gasteiger partial charge on any atom is -0.294 e. The Balaban J connectivity index is 2.32. The Bertz CT molecular complexity index is 594. The highest BCUT2D eigenvalue weighted by atomic mass is 16.1. The number of nitrogens with zero attached hydrogens (tertiary/aromatic N) is 2. The molecule has 0 aliphatic heterocycles. The second kappa shape index (κ2) is 3.47. The molecule has 0 saturated carbocycles. The van der Waals surface area contributed by atoms with Gasteiger partial charge in [-0.2, -0.15) is 0 Å². The number of hydrogen-bond donors (Lipinski definition) is 1. The van der Waals surface area contributed by atoms with Crippen molar-refractivity contribution in [3.05, 3.63) is 33.4 Å². The highest BCUT2D eigenvalue weighted by molar-refractivity contribution is 5.42. The number of aryl methyl sites for hydroxylation is 2. The lowest BCUT2D eigenvalue weighted by Crippen LogP contribution is -2.24. The van der Waals surface area contributed by atoms with E-state index in [0.29, 0.717) is 0 Å². The summed E-state index contributed by atoms with van der Waals surface area (Å²) in [6.45, 7) is 2.07. The van der Waals surface area contributed by atoms with E-state index < -0.39 is 0 Å². The van der Waals surface area contributed by atoms with Crippen LogP contribution in [0.5, 0.6) is 0 Å². The summed E-state index contributed by atoms with van der Waals surface area (Å²) < 4.78 is 1.59. The van der Waals surface area contributed by atoms with Crippen LogP contribution in [0.3, 0.4) is 0 Å². The van der Waals surface area contributed by atoms with Crippen LogP contribution in [0.2, 0.25) is 0 Å². The van der Waals surface area contributed by atoms with Crippen LogP contribution in [-0.2, 0) is 19.3 Å². The molecule has 2 heterocycles. The first-order chi connectivity index (χ1) is 7.79. The molecule has 0 fully saturated rings. The molecule has 4 heteroatoms. The van der Waals surface area contributed by atoms with Gasteiger partial charge in [0.1, 0.15) is 0 Å². The fourth-order valence-electron chi connectivity index (χ4n) is 2.39. The van der Waals surface area contributed by atoms with E-state index in [1.165, 1.54) is 0 Å². The minimum absolute atomic E-state index is 0.0967. The zero-order valence-corrected chi connectivity index (χ0v) is 9.42. The molecule has 1 N–H and O–H groups in total. The van der Waals surface area contributed by atoms with E-state index in [4.69, 9.17) is 0 Å². The third-order valence-electron chi connectivity index (χ3n) is 3.32. The molecule has 0 amide bonds. The van der Waals surface area contributed by atoms with Gasteiger partial charge in [-0.1, -0.05) is 6.92 Å². The smallest absolute Gasteiger partial charge is 0.276 e. The maximum absolute atomic E-state index is 12.2. The van der Waals surface area contributed by atoms with Crippen LogP contribution in [0.1, 0.15) is 36.7 Å². The summed E-state index contributed by atoms with van der Waals surface area (Å²) in [7, 11) is 0. The van der Waals surface area contributed by atoms with Crippen molar-refractivity contribution in [3.8, 4) is 0 Å². The van der Waals surface area contributed by atoms with E-state index in [-0.39, 0.29) is 5.56 Å². The first-order valence-electron chi connectivity index (χ1n) is 5.92. The Labute approximate surface area is 93.3 Å². The molecule has 0 bridgehead atoms. The molecule has 84 valence electrons. The zero-order chi connectivity index (χ0) is 11.1. The van der Waals surface area contributed by atoms with Gasteiger partial charge in [-0.15, -0.1) is 0 Å². The van der Waals surface area contributed by atoms with Gasteiger partial charge in [-0.05, 0) is 32.1 Å². The fourth-order valence-corrected chi connectivity index (χ4v) is 2.39. The second-order valence-corrected chi connectivity index (χ2v) is 4.38. The molecule has 3 rings (SSSR count). The van der Waals surface area contributed by atoms with Crippen LogP contribution < -0.4 is 5.56 Å². The Kier molecular flexibility index (Phi) is 2.09. The summed E-state index contributed by atoms with van der Waals surface area (Å²) in [5.74, 6) is 0. The lowest BCUT2D eigenvalue weighted by atomic mass is 9.97. The number of rotatable bonds is 1. The van der Waals surface area contributed by atoms with Gasteiger partial charge in [0, 0.05) is 17.3 Å². The summed E-state index contributed by atoms with van der Waals surface area (Å²) in [6.07, 6.45) is 4.99. The summed E-state index contributed by atoms with van der Waals surface area (Å²) in [6, 6.07) is 1.97. The summed E-state index contributed by atoms with van der Waals surface area (Å²) in [5, 5.41) is 3.11. The Hall–Kier alpha value is -1.58. The first kappa shape index (κ1) is 9.63. The molecular formula is C12H15N3O. The lowest BCUT2D eigenvalue weighted by molar-refractivity contribution is 0.650. The molecular weight excluding hydrogens is 202 g/mol. The predicted octanol–water partition coefficient (Wildman–Crippen LogP) is 1.46. The van der Waals surface area contributed by atoms with Crippen LogP contribution in [0.25, 0.3) is 5.65 Å². The van der Waals surface area contributed by atoms with Crippen LogP contribution in [0.4, 0.5) is 0 Å². The predicted molar refractivity (Wildman–Crippen MR) is 61.8 cm³/mol. The molecule has 0 atom stereocenters. The quantitative estimate of drug-likeness (QED) is 0.786. The fraction of sp³-hybridized carbons (Fsp3) is 0.500. The van der Waals surface area contributed by atoms with Gasteiger partial charge in [-0.3, -0.25) is 9.89 Å². The normalized spacial score (nSPS) is 15.3. The number of aromatic amines is 1. The van der Waals surface area contributed by atoms with Gasteiger partial charge >= 0.3 is 0 Å². The maximum atomic E-state index is 12.2. The monoisotopic (exact) mass is 217 g/mol. The molecule has 1 aliphatic carbocycles. The highest BCUT2D eigenvalue weighted by Crippen LogP contribution is 2.17. The van der Waals surface area contributed by atoms with E-state index in [2.05, 4.69) is 17.0 Å². The molecule has 16 heavy (non-hydrogen) atoms. The first-order valence-corrected chi connectivity index (χ1v) is 5.92. The van der Waals surface area contributed by atoms with Crippen LogP contribution in [-0.4, -0.2) is 14.6 Å². The molecule has 0 aromatic carbocycles. The van der Waals surface area contributed by atoms with Crippen molar-refractivity contribution >= 4 is 5.65 Å². The third kappa shape index (κ3) is 1.29. The average molecular weight is 217 g/mol. The van der Waals surface area contributed by atoms with Crippen molar-refractivity contribution in [3.63, 3.8) is 0 Å². The number of H-pyrrole nitrogens is 1. The van der Waals surface area contributed by atoms with Crippen molar-refractivity contribution in [1.82, 2.24) is 14.6 Å². The van der Waals surface area contributed by atoms with E-state index in [0.717, 1.165) is 54.7 Å². The van der Waals surface area contributed by atoms with Crippen molar-refractivity contribution < 1.29 is 0 Å². The van der Waals surface area contributed by atoms with Crippen molar-refractivity contribution in [1.29, 1.82) is 0 Å². The number of nitrogens with one attached hydrogen (secondary N) is 1. The van der Waals surface area contributed by atoms with Gasteiger partial charge in [0.2, 0.25) is 0 Å². The molecule has 2 aromatic heterocycles. The second-order valence-electron chi connectivity index (χ2n) is 4.38. The zero-order valence-electron chi connectivity index (χ0n) is 9.42. The molecule has 0 radical (unpaired) electrons. The molecule has 2 aromatic rings. The Morgan fingerprint density at radius 3 is 3.06 bits per heavy atom. The van der Waals surface area contributed by atoms with Gasteiger partial charge in [-0.25, -0.2) is 9.50 Å². The van der Waals surface area contributed by atoms with Crippen molar-refractivity contribution in [2.24, 2.45) is 0 Å². The summed E-state index contributed by atoms with van der Waals surface area (Å²) >= 11 is 0. The maximum Gasteiger partial charge on any atom is 0.276 e. The average Bonchev–Trinajstić information content (AvgIpc) is 2.73. The number of fused-ring (bicyclic) bond motifs is 2. The summed E-state index contributed by atoms with van der Waals surface area (Å²) in [4.78, 5) is 16.8. The Morgan fingerprint density at radius 1 is 1.44 bits per heavy atom. The largest absolute Gasteiger partial charge is 0.294 e. The van der Waals surface area contributed by atoms with Gasteiger partial charge in [0.15, 0.2) is 5.65 Å². The van der Waals surface area contributed by atoms with Crippen LogP contribution in [0.15, 0.2) is 10.9 Å². The summed E-state index contributed by atoms with van der Waals surface area (Å²) in [5.41, 5.74) is 3.85. The Morgan fingerprint density at radius 2 is 2.25 bits per heavy atom. The number of hydrogen-bond acceptors (Lipinski definition) is 2. The van der Waals surface area contributed by atoms with E-state index in [1.54, 1.807) is 4.52 Å². The molecule has 0 saturated heterocycles. The van der Waals surface area contributed by atoms with E-state index >= 15 is 0 Å². The van der Waals surface area contributed by atoms with Gasteiger partial charge in [0.25, 0.3) is 5.56 Å². The molecule has 4 nitrogen and oxygen atoms in total. The highest BCUT2D eigenvalue weighted by Gasteiger charge is 2.17. The topological polar surface area (TPSA) is 50.2 Å². The molecule has 0 unspecified atom stereocenters. The lowest BCUT2D eigenvalue weighted by Gasteiger charge is -2.13. The van der Waals surface area contributed by atoms with Crippen LogP contribution >= 0.6 is 0 Å². The minimum atomic E-state index is 0.0967. The van der Waals surface area contributed by atoms with Gasteiger partial charge < -0.3 is 0 Å². The third-order valence-corrected chi connectivity index (χ3v) is 3.32. The SMILES string of the molecule is CCc1cc2nc3c(c(=O)n2[nH]1)CCCC3. The van der Waals surface area contributed by atoms with Crippen molar-refractivity contribution in [2.75, 3.05) is 0 Å².